The molecular weight excluding hydrogens is 290 g/mol. The van der Waals surface area contributed by atoms with Crippen LogP contribution in [0.4, 0.5) is 0 Å². The van der Waals surface area contributed by atoms with Gasteiger partial charge in [-0.2, -0.15) is 8.42 Å². The highest BCUT2D eigenvalue weighted by Crippen LogP contribution is 2.12. The highest BCUT2D eigenvalue weighted by Gasteiger charge is 2.28. The predicted molar refractivity (Wildman–Crippen MR) is 67.4 cm³/mol. The minimum Gasteiger partial charge on any atom is -0.480 e. The van der Waals surface area contributed by atoms with E-state index < -0.39 is 39.9 Å². The van der Waals surface area contributed by atoms with Gasteiger partial charge in [0.2, 0.25) is 0 Å². The SMILES string of the molecule is O=C(O)C(CS(=O)(=O)O)NC(=O)C(O)c1ccccc1. The van der Waals surface area contributed by atoms with Crippen LogP contribution in [0.3, 0.4) is 0 Å². The Bertz CT molecular complexity index is 584. The number of hydrogen-bond donors (Lipinski definition) is 4. The number of carboxylic acids is 1. The highest BCUT2D eigenvalue weighted by atomic mass is 32.2. The maximum absolute atomic E-state index is 11.6. The average molecular weight is 303 g/mol. The summed E-state index contributed by atoms with van der Waals surface area (Å²) in [6, 6.07) is 5.84. The van der Waals surface area contributed by atoms with Crippen molar-refractivity contribution in [2.45, 2.75) is 12.1 Å². The number of amides is 1. The Balaban J connectivity index is 2.79. The van der Waals surface area contributed by atoms with Gasteiger partial charge in [-0.3, -0.25) is 9.35 Å². The van der Waals surface area contributed by atoms with Gasteiger partial charge in [0.15, 0.2) is 6.10 Å². The third kappa shape index (κ3) is 4.96. The van der Waals surface area contributed by atoms with E-state index in [2.05, 4.69) is 0 Å². The van der Waals surface area contributed by atoms with Crippen molar-refractivity contribution in [2.75, 3.05) is 5.75 Å². The lowest BCUT2D eigenvalue weighted by Crippen LogP contribution is -2.47. The van der Waals surface area contributed by atoms with Crippen LogP contribution in [0.1, 0.15) is 11.7 Å². The van der Waals surface area contributed by atoms with Gasteiger partial charge in [-0.15, -0.1) is 0 Å². The molecule has 8 nitrogen and oxygen atoms in total. The largest absolute Gasteiger partial charge is 0.480 e. The number of benzene rings is 1. The Morgan fingerprint density at radius 3 is 2.20 bits per heavy atom. The van der Waals surface area contributed by atoms with Gasteiger partial charge in [0, 0.05) is 0 Å². The molecule has 2 atom stereocenters. The number of nitrogens with one attached hydrogen (secondary N) is 1. The van der Waals surface area contributed by atoms with E-state index in [4.69, 9.17) is 9.66 Å². The molecule has 0 aliphatic rings. The Kier molecular flexibility index (Phi) is 5.19. The van der Waals surface area contributed by atoms with Gasteiger partial charge in [-0.25, -0.2) is 4.79 Å². The molecule has 0 saturated heterocycles. The van der Waals surface area contributed by atoms with E-state index in [1.165, 1.54) is 12.1 Å². The Morgan fingerprint density at radius 2 is 1.75 bits per heavy atom. The van der Waals surface area contributed by atoms with E-state index in [0.29, 0.717) is 0 Å². The first kappa shape index (κ1) is 16.1. The summed E-state index contributed by atoms with van der Waals surface area (Å²) in [5.41, 5.74) is 0.223. The zero-order chi connectivity index (χ0) is 15.3. The van der Waals surface area contributed by atoms with Crippen molar-refractivity contribution in [2.24, 2.45) is 0 Å². The lowest BCUT2D eigenvalue weighted by atomic mass is 10.1. The minimum atomic E-state index is -4.58. The topological polar surface area (TPSA) is 141 Å². The van der Waals surface area contributed by atoms with Crippen molar-refractivity contribution >= 4 is 22.0 Å². The first-order valence-electron chi connectivity index (χ1n) is 5.42. The van der Waals surface area contributed by atoms with Crippen LogP contribution < -0.4 is 5.32 Å². The summed E-state index contributed by atoms with van der Waals surface area (Å²) in [4.78, 5) is 22.4. The van der Waals surface area contributed by atoms with Gasteiger partial charge in [0.25, 0.3) is 16.0 Å². The molecule has 1 amide bonds. The van der Waals surface area contributed by atoms with E-state index in [-0.39, 0.29) is 5.56 Å². The van der Waals surface area contributed by atoms with Crippen molar-refractivity contribution in [3.63, 3.8) is 0 Å². The van der Waals surface area contributed by atoms with Gasteiger partial charge in [0.05, 0.1) is 0 Å². The molecule has 0 aromatic heterocycles. The van der Waals surface area contributed by atoms with Crippen LogP contribution in [0.15, 0.2) is 30.3 Å². The fraction of sp³-hybridized carbons (Fsp3) is 0.273. The first-order valence-corrected chi connectivity index (χ1v) is 7.03. The van der Waals surface area contributed by atoms with E-state index in [1.807, 2.05) is 5.32 Å². The molecule has 2 unspecified atom stereocenters. The fourth-order valence-corrected chi connectivity index (χ4v) is 2.07. The summed E-state index contributed by atoms with van der Waals surface area (Å²) in [6.07, 6.45) is -1.64. The van der Waals surface area contributed by atoms with Crippen LogP contribution >= 0.6 is 0 Å². The number of carbonyl (C=O) groups excluding carboxylic acids is 1. The van der Waals surface area contributed by atoms with Gasteiger partial charge in [-0.1, -0.05) is 30.3 Å². The molecule has 0 bridgehead atoms. The van der Waals surface area contributed by atoms with Crippen LogP contribution in [0.2, 0.25) is 0 Å². The van der Waals surface area contributed by atoms with Crippen molar-refractivity contribution in [1.29, 1.82) is 0 Å². The second-order valence-electron chi connectivity index (χ2n) is 3.96. The summed E-state index contributed by atoms with van der Waals surface area (Å²) in [5.74, 6) is -3.90. The molecule has 1 rings (SSSR count). The maximum atomic E-state index is 11.6. The summed E-state index contributed by atoms with van der Waals surface area (Å²) in [5, 5.41) is 20.3. The molecule has 4 N–H and O–H groups in total. The summed E-state index contributed by atoms with van der Waals surface area (Å²) >= 11 is 0. The molecule has 110 valence electrons. The smallest absolute Gasteiger partial charge is 0.327 e. The Labute approximate surface area is 114 Å². The number of aliphatic hydroxyl groups is 1. The van der Waals surface area contributed by atoms with E-state index >= 15 is 0 Å². The van der Waals surface area contributed by atoms with Gasteiger partial charge in [0.1, 0.15) is 11.8 Å². The first-order chi connectivity index (χ1) is 9.20. The summed E-state index contributed by atoms with van der Waals surface area (Å²) < 4.78 is 29.9. The van der Waals surface area contributed by atoms with Gasteiger partial charge in [-0.05, 0) is 5.56 Å². The predicted octanol–water partition coefficient (Wildman–Crippen LogP) is -0.823. The molecule has 0 radical (unpaired) electrons. The molecular formula is C11H13NO7S. The van der Waals surface area contributed by atoms with Crippen LogP contribution in [-0.4, -0.2) is 46.9 Å². The minimum absolute atomic E-state index is 0.223. The van der Waals surface area contributed by atoms with E-state index in [0.717, 1.165) is 0 Å². The highest BCUT2D eigenvalue weighted by molar-refractivity contribution is 7.85. The Hall–Kier alpha value is -1.97. The van der Waals surface area contributed by atoms with Gasteiger partial charge >= 0.3 is 5.97 Å². The zero-order valence-electron chi connectivity index (χ0n) is 10.1. The monoisotopic (exact) mass is 303 g/mol. The molecule has 0 aliphatic carbocycles. The molecule has 0 heterocycles. The van der Waals surface area contributed by atoms with Crippen LogP contribution in [-0.2, 0) is 19.7 Å². The van der Waals surface area contributed by atoms with Crippen LogP contribution in [0.5, 0.6) is 0 Å². The molecule has 0 spiro atoms. The molecule has 9 heteroatoms. The van der Waals surface area contributed by atoms with E-state index in [1.54, 1.807) is 18.2 Å². The van der Waals surface area contributed by atoms with Crippen molar-refractivity contribution in [1.82, 2.24) is 5.32 Å². The molecule has 1 aromatic carbocycles. The summed E-state index contributed by atoms with van der Waals surface area (Å²) in [7, 11) is -4.58. The normalized spacial score (nSPS) is 14.3. The number of rotatable bonds is 6. The number of aliphatic carboxylic acids is 1. The molecule has 0 saturated carbocycles. The number of carbonyl (C=O) groups is 2. The Morgan fingerprint density at radius 1 is 1.20 bits per heavy atom. The lowest BCUT2D eigenvalue weighted by Gasteiger charge is -2.16. The molecule has 0 aliphatic heterocycles. The van der Waals surface area contributed by atoms with Crippen LogP contribution in [0.25, 0.3) is 0 Å². The van der Waals surface area contributed by atoms with E-state index in [9.17, 15) is 23.1 Å². The fourth-order valence-electron chi connectivity index (χ4n) is 1.42. The number of carboxylic acid groups (broad SMARTS) is 1. The van der Waals surface area contributed by atoms with Crippen molar-refractivity contribution in [3.8, 4) is 0 Å². The van der Waals surface area contributed by atoms with Crippen LogP contribution in [0, 0.1) is 0 Å². The van der Waals surface area contributed by atoms with Crippen molar-refractivity contribution < 1.29 is 32.8 Å². The second kappa shape index (κ2) is 6.46. The van der Waals surface area contributed by atoms with Crippen molar-refractivity contribution in [3.05, 3.63) is 35.9 Å². The third-order valence-electron chi connectivity index (χ3n) is 2.36. The quantitative estimate of drug-likeness (QED) is 0.503. The maximum Gasteiger partial charge on any atom is 0.327 e. The number of aliphatic hydroxyl groups excluding tert-OH is 1. The van der Waals surface area contributed by atoms with Gasteiger partial charge < -0.3 is 15.5 Å². The zero-order valence-corrected chi connectivity index (χ0v) is 10.9. The summed E-state index contributed by atoms with van der Waals surface area (Å²) in [6.45, 7) is 0. The number of hydrogen-bond acceptors (Lipinski definition) is 5. The third-order valence-corrected chi connectivity index (χ3v) is 3.11. The molecule has 20 heavy (non-hydrogen) atoms. The molecule has 1 aromatic rings. The lowest BCUT2D eigenvalue weighted by molar-refractivity contribution is -0.142. The standard InChI is InChI=1S/C11H13NO7S/c13-9(7-4-2-1-3-5-7)10(14)12-8(11(15)16)6-20(17,18)19/h1-5,8-9,13H,6H2,(H,12,14)(H,15,16)(H,17,18,19). The average Bonchev–Trinajstić information content (AvgIpc) is 2.36. The molecule has 0 fully saturated rings. The second-order valence-corrected chi connectivity index (χ2v) is 5.46.